The fourth-order valence-corrected chi connectivity index (χ4v) is 2.84. The van der Waals surface area contributed by atoms with Crippen molar-refractivity contribution in [3.05, 3.63) is 35.9 Å². The molecule has 0 unspecified atom stereocenters. The lowest BCUT2D eigenvalue weighted by Crippen LogP contribution is -2.53. The Morgan fingerprint density at radius 1 is 1.14 bits per heavy atom. The van der Waals surface area contributed by atoms with E-state index in [1.165, 1.54) is 18.7 Å². The third-order valence-corrected chi connectivity index (χ3v) is 4.48. The van der Waals surface area contributed by atoms with Crippen LogP contribution in [0.2, 0.25) is 0 Å². The number of carboxylic acid groups (broad SMARTS) is 1. The van der Waals surface area contributed by atoms with Gasteiger partial charge in [0.15, 0.2) is 0 Å². The number of nitrogens with one attached hydrogen (secondary N) is 2. The largest absolute Gasteiger partial charge is 0.480 e. The first-order valence-electron chi connectivity index (χ1n) is 9.10. The van der Waals surface area contributed by atoms with E-state index < -0.39 is 42.0 Å². The van der Waals surface area contributed by atoms with Crippen LogP contribution in [0.5, 0.6) is 0 Å². The molecule has 9 heteroatoms. The molecule has 0 saturated carbocycles. The maximum atomic E-state index is 12.5. The number of hydrogen-bond donors (Lipinski definition) is 3. The summed E-state index contributed by atoms with van der Waals surface area (Å²) in [4.78, 5) is 49.0. The van der Waals surface area contributed by atoms with Crippen LogP contribution < -0.4 is 10.6 Å². The number of aliphatic carboxylic acids is 1. The van der Waals surface area contributed by atoms with Gasteiger partial charge in [-0.2, -0.15) is 0 Å². The van der Waals surface area contributed by atoms with Gasteiger partial charge in [-0.3, -0.25) is 19.3 Å². The number of likely N-dealkylation sites (tertiary alicyclic amines) is 1. The number of hydrogen-bond acceptors (Lipinski definition) is 5. The number of amides is 3. The van der Waals surface area contributed by atoms with Gasteiger partial charge in [0, 0.05) is 6.54 Å². The van der Waals surface area contributed by atoms with Crippen LogP contribution in [0.3, 0.4) is 0 Å². The molecule has 28 heavy (non-hydrogen) atoms. The zero-order valence-electron chi connectivity index (χ0n) is 15.9. The van der Waals surface area contributed by atoms with E-state index >= 15 is 0 Å². The molecule has 1 aliphatic rings. The van der Waals surface area contributed by atoms with Crippen LogP contribution in [0, 0.1) is 0 Å². The van der Waals surface area contributed by atoms with Crippen molar-refractivity contribution in [2.45, 2.75) is 51.4 Å². The molecule has 0 radical (unpaired) electrons. The number of carbonyl (C=O) groups excluding carboxylic acids is 3. The lowest BCUT2D eigenvalue weighted by atomic mass is 10.2. The Labute approximate surface area is 163 Å². The van der Waals surface area contributed by atoms with Gasteiger partial charge in [-0.1, -0.05) is 30.3 Å². The summed E-state index contributed by atoms with van der Waals surface area (Å²) in [6, 6.07) is 6.48. The van der Waals surface area contributed by atoms with E-state index in [0.717, 1.165) is 5.56 Å². The lowest BCUT2D eigenvalue weighted by molar-refractivity contribution is -0.141. The molecular weight excluding hydrogens is 366 g/mol. The van der Waals surface area contributed by atoms with Crippen molar-refractivity contribution < 1.29 is 29.0 Å². The molecule has 1 fully saturated rings. The highest BCUT2D eigenvalue weighted by atomic mass is 16.6. The summed E-state index contributed by atoms with van der Waals surface area (Å²) in [6.45, 7) is 3.28. The van der Waals surface area contributed by atoms with Crippen LogP contribution >= 0.6 is 0 Å². The Balaban J connectivity index is 1.88. The smallest absolute Gasteiger partial charge is 0.410 e. The van der Waals surface area contributed by atoms with E-state index in [-0.39, 0.29) is 6.61 Å². The first kappa shape index (κ1) is 21.2. The highest BCUT2D eigenvalue weighted by Gasteiger charge is 2.36. The molecule has 3 atom stereocenters. The van der Waals surface area contributed by atoms with Crippen molar-refractivity contribution in [1.82, 2.24) is 15.5 Å². The Hall–Kier alpha value is -3.10. The van der Waals surface area contributed by atoms with E-state index in [2.05, 4.69) is 10.6 Å². The molecule has 1 aliphatic heterocycles. The summed E-state index contributed by atoms with van der Waals surface area (Å²) in [5.41, 5.74) is 0.842. The van der Waals surface area contributed by atoms with E-state index in [0.29, 0.717) is 19.4 Å². The molecule has 0 bridgehead atoms. The third kappa shape index (κ3) is 5.70. The minimum Gasteiger partial charge on any atom is -0.480 e. The summed E-state index contributed by atoms with van der Waals surface area (Å²) in [5.74, 6) is -2.26. The predicted molar refractivity (Wildman–Crippen MR) is 99.2 cm³/mol. The normalized spacial score (nSPS) is 18.1. The molecule has 152 valence electrons. The van der Waals surface area contributed by atoms with Crippen LogP contribution in [0.25, 0.3) is 0 Å². The van der Waals surface area contributed by atoms with Crippen LogP contribution in [0.1, 0.15) is 32.3 Å². The van der Waals surface area contributed by atoms with Gasteiger partial charge in [-0.15, -0.1) is 0 Å². The molecule has 9 nitrogen and oxygen atoms in total. The van der Waals surface area contributed by atoms with E-state index in [1.807, 2.05) is 30.3 Å². The molecule has 1 aromatic carbocycles. The predicted octanol–water partition coefficient (Wildman–Crippen LogP) is 0.882. The van der Waals surface area contributed by atoms with Crippen molar-refractivity contribution in [2.24, 2.45) is 0 Å². The molecule has 0 aliphatic carbocycles. The molecule has 1 saturated heterocycles. The van der Waals surface area contributed by atoms with Crippen molar-refractivity contribution in [1.29, 1.82) is 0 Å². The zero-order valence-corrected chi connectivity index (χ0v) is 15.9. The van der Waals surface area contributed by atoms with Gasteiger partial charge >= 0.3 is 12.1 Å². The number of benzene rings is 1. The average molecular weight is 391 g/mol. The van der Waals surface area contributed by atoms with Gasteiger partial charge < -0.3 is 20.5 Å². The lowest BCUT2D eigenvalue weighted by Gasteiger charge is -2.25. The highest BCUT2D eigenvalue weighted by Crippen LogP contribution is 2.19. The van der Waals surface area contributed by atoms with Crippen molar-refractivity contribution >= 4 is 23.9 Å². The molecule has 0 aromatic heterocycles. The maximum Gasteiger partial charge on any atom is 0.410 e. The second-order valence-electron chi connectivity index (χ2n) is 6.69. The van der Waals surface area contributed by atoms with Crippen LogP contribution in [0.15, 0.2) is 30.3 Å². The Bertz CT molecular complexity index is 724. The number of carboxylic acids is 1. The maximum absolute atomic E-state index is 12.5. The molecule has 1 aromatic rings. The minimum absolute atomic E-state index is 0.108. The van der Waals surface area contributed by atoms with Crippen molar-refractivity contribution in [2.75, 3.05) is 6.54 Å². The fourth-order valence-electron chi connectivity index (χ4n) is 2.84. The van der Waals surface area contributed by atoms with Gasteiger partial charge in [0.1, 0.15) is 24.7 Å². The Morgan fingerprint density at radius 2 is 1.82 bits per heavy atom. The van der Waals surface area contributed by atoms with Crippen LogP contribution in [-0.2, 0) is 25.7 Å². The molecule has 0 spiro atoms. The molecule has 1 heterocycles. The first-order chi connectivity index (χ1) is 13.3. The summed E-state index contributed by atoms with van der Waals surface area (Å²) in [5, 5.41) is 13.7. The van der Waals surface area contributed by atoms with Gasteiger partial charge in [-0.25, -0.2) is 4.79 Å². The number of ether oxygens (including phenoxy) is 1. The van der Waals surface area contributed by atoms with E-state index in [4.69, 9.17) is 9.84 Å². The summed E-state index contributed by atoms with van der Waals surface area (Å²) in [7, 11) is 0. The standard InChI is InChI=1S/C19H25N3O6/c1-12(16(23)21-13(2)18(25)26)20-17(24)15-9-6-10-22(15)19(27)28-11-14-7-4-3-5-8-14/h3-5,7-8,12-13,15H,6,9-11H2,1-2H3,(H,20,24)(H,21,23)(H,25,26)/t12-,13-,15-/m0/s1. The van der Waals surface area contributed by atoms with Crippen LogP contribution in [-0.4, -0.2) is 58.6 Å². The topological polar surface area (TPSA) is 125 Å². The minimum atomic E-state index is -1.17. The van der Waals surface area contributed by atoms with Crippen LogP contribution in [0.4, 0.5) is 4.79 Å². The highest BCUT2D eigenvalue weighted by molar-refractivity contribution is 5.92. The average Bonchev–Trinajstić information content (AvgIpc) is 3.16. The Kier molecular flexibility index (Phi) is 7.36. The van der Waals surface area contributed by atoms with E-state index in [1.54, 1.807) is 0 Å². The second-order valence-corrected chi connectivity index (χ2v) is 6.69. The third-order valence-electron chi connectivity index (χ3n) is 4.48. The molecule has 3 amide bonds. The molecule has 2 rings (SSSR count). The first-order valence-corrected chi connectivity index (χ1v) is 9.10. The number of nitrogens with zero attached hydrogens (tertiary/aromatic N) is 1. The SMILES string of the molecule is C[C@H](NC(=O)[C@H](C)NC(=O)[C@@H]1CCCN1C(=O)OCc1ccccc1)C(=O)O. The summed E-state index contributed by atoms with van der Waals surface area (Å²) in [6.07, 6.45) is 0.527. The zero-order chi connectivity index (χ0) is 20.7. The number of rotatable bonds is 7. The van der Waals surface area contributed by atoms with Gasteiger partial charge in [0.05, 0.1) is 0 Å². The van der Waals surface area contributed by atoms with E-state index in [9.17, 15) is 19.2 Å². The van der Waals surface area contributed by atoms with Gasteiger partial charge in [0.2, 0.25) is 11.8 Å². The van der Waals surface area contributed by atoms with Crippen molar-refractivity contribution in [3.63, 3.8) is 0 Å². The monoisotopic (exact) mass is 391 g/mol. The van der Waals surface area contributed by atoms with Gasteiger partial charge in [0.25, 0.3) is 0 Å². The molecular formula is C19H25N3O6. The Morgan fingerprint density at radius 3 is 2.46 bits per heavy atom. The second kappa shape index (κ2) is 9.72. The van der Waals surface area contributed by atoms with Gasteiger partial charge in [-0.05, 0) is 32.3 Å². The molecule has 3 N–H and O–H groups in total. The van der Waals surface area contributed by atoms with Crippen molar-refractivity contribution in [3.8, 4) is 0 Å². The quantitative estimate of drug-likeness (QED) is 0.634. The summed E-state index contributed by atoms with van der Waals surface area (Å²) >= 11 is 0. The summed E-state index contributed by atoms with van der Waals surface area (Å²) < 4.78 is 5.29. The fraction of sp³-hybridized carbons (Fsp3) is 0.474. The number of carbonyl (C=O) groups is 4.